The van der Waals surface area contributed by atoms with Gasteiger partial charge >= 0.3 is 0 Å². The first-order valence-electron chi connectivity index (χ1n) is 5.59. The van der Waals surface area contributed by atoms with Gasteiger partial charge in [0.05, 0.1) is 11.9 Å². The maximum atomic E-state index is 12.5. The van der Waals surface area contributed by atoms with Crippen molar-refractivity contribution in [2.75, 3.05) is 19.6 Å². The van der Waals surface area contributed by atoms with Crippen molar-refractivity contribution in [3.05, 3.63) is 11.9 Å². The van der Waals surface area contributed by atoms with Gasteiger partial charge in [0.15, 0.2) is 0 Å². The third-order valence-corrected chi connectivity index (χ3v) is 5.30. The van der Waals surface area contributed by atoms with Crippen molar-refractivity contribution >= 4 is 10.0 Å². The van der Waals surface area contributed by atoms with Crippen LogP contribution in [0.3, 0.4) is 0 Å². The van der Waals surface area contributed by atoms with Crippen LogP contribution in [0.5, 0.6) is 0 Å². The molecule has 6 nitrogen and oxygen atoms in total. The van der Waals surface area contributed by atoms with Crippen molar-refractivity contribution in [3.63, 3.8) is 0 Å². The lowest BCUT2D eigenvalue weighted by molar-refractivity contribution is 0.186. The molecule has 17 heavy (non-hydrogen) atoms. The van der Waals surface area contributed by atoms with E-state index in [0.717, 1.165) is 0 Å². The molecule has 0 amide bonds. The molecule has 0 saturated carbocycles. The van der Waals surface area contributed by atoms with Gasteiger partial charge in [0.25, 0.3) is 0 Å². The van der Waals surface area contributed by atoms with Crippen LogP contribution in [-0.2, 0) is 10.0 Å². The molecule has 2 N–H and O–H groups in total. The molecule has 2 heterocycles. The molecule has 0 atom stereocenters. The number of aromatic nitrogens is 2. The van der Waals surface area contributed by atoms with Crippen LogP contribution in [0.4, 0.5) is 0 Å². The lowest BCUT2D eigenvalue weighted by Crippen LogP contribution is -2.59. The summed E-state index contributed by atoms with van der Waals surface area (Å²) in [5.41, 5.74) is 0.167. The van der Waals surface area contributed by atoms with Gasteiger partial charge in [-0.25, -0.2) is 8.42 Å². The van der Waals surface area contributed by atoms with E-state index in [0.29, 0.717) is 25.3 Å². The second-order valence-corrected chi connectivity index (χ2v) is 6.76. The van der Waals surface area contributed by atoms with Crippen molar-refractivity contribution in [1.82, 2.24) is 19.8 Å². The van der Waals surface area contributed by atoms with Gasteiger partial charge in [-0.2, -0.15) is 9.40 Å². The summed E-state index contributed by atoms with van der Waals surface area (Å²) in [6.07, 6.45) is 1.38. The highest BCUT2D eigenvalue weighted by atomic mass is 32.2. The number of nitrogens with one attached hydrogen (secondary N) is 2. The monoisotopic (exact) mass is 258 g/mol. The number of piperazine rings is 1. The van der Waals surface area contributed by atoms with Crippen molar-refractivity contribution < 1.29 is 8.42 Å². The second-order valence-electron chi connectivity index (χ2n) is 4.93. The van der Waals surface area contributed by atoms with E-state index in [1.165, 1.54) is 6.20 Å². The normalized spacial score (nSPS) is 21.6. The topological polar surface area (TPSA) is 78.1 Å². The van der Waals surface area contributed by atoms with E-state index in [-0.39, 0.29) is 4.90 Å². The molecule has 0 unspecified atom stereocenters. The van der Waals surface area contributed by atoms with Crippen LogP contribution < -0.4 is 5.32 Å². The van der Waals surface area contributed by atoms with Crippen LogP contribution in [0.1, 0.15) is 19.5 Å². The Hall–Kier alpha value is -0.920. The van der Waals surface area contributed by atoms with E-state index in [9.17, 15) is 8.42 Å². The number of aromatic amines is 1. The van der Waals surface area contributed by atoms with E-state index in [1.807, 2.05) is 13.8 Å². The Balaban J connectivity index is 2.42. The van der Waals surface area contributed by atoms with E-state index < -0.39 is 15.6 Å². The third kappa shape index (κ3) is 2.10. The van der Waals surface area contributed by atoms with Gasteiger partial charge < -0.3 is 5.32 Å². The first-order valence-corrected chi connectivity index (χ1v) is 7.03. The van der Waals surface area contributed by atoms with E-state index >= 15 is 0 Å². The lowest BCUT2D eigenvalue weighted by atomic mass is 10.0. The first kappa shape index (κ1) is 12.5. The third-order valence-electron chi connectivity index (χ3n) is 3.08. The van der Waals surface area contributed by atoms with Crippen LogP contribution in [0.15, 0.2) is 11.1 Å². The minimum absolute atomic E-state index is 0.271. The minimum atomic E-state index is -3.46. The molecule has 0 radical (unpaired) electrons. The van der Waals surface area contributed by atoms with Gasteiger partial charge in [-0.3, -0.25) is 5.10 Å². The largest absolute Gasteiger partial charge is 0.314 e. The fourth-order valence-corrected chi connectivity index (χ4v) is 4.03. The molecule has 0 bridgehead atoms. The predicted molar refractivity (Wildman–Crippen MR) is 64.2 cm³/mol. The molecule has 1 saturated heterocycles. The zero-order valence-electron chi connectivity index (χ0n) is 10.3. The zero-order chi connectivity index (χ0) is 12.7. The Kier molecular flexibility index (Phi) is 3.01. The van der Waals surface area contributed by atoms with Crippen LogP contribution >= 0.6 is 0 Å². The fourth-order valence-electron chi connectivity index (χ4n) is 2.13. The molecule has 7 heteroatoms. The van der Waals surface area contributed by atoms with Crippen molar-refractivity contribution in [2.45, 2.75) is 31.2 Å². The average molecular weight is 258 g/mol. The van der Waals surface area contributed by atoms with Crippen LogP contribution in [0, 0.1) is 6.92 Å². The summed E-state index contributed by atoms with van der Waals surface area (Å²) in [6.45, 7) is 7.38. The Labute approximate surface area is 101 Å². The van der Waals surface area contributed by atoms with Gasteiger partial charge in [0, 0.05) is 25.2 Å². The fraction of sp³-hybridized carbons (Fsp3) is 0.700. The van der Waals surface area contributed by atoms with E-state index in [2.05, 4.69) is 15.5 Å². The highest BCUT2D eigenvalue weighted by Gasteiger charge is 2.39. The minimum Gasteiger partial charge on any atom is -0.314 e. The number of rotatable bonds is 2. The van der Waals surface area contributed by atoms with E-state index in [4.69, 9.17) is 0 Å². The quantitative estimate of drug-likeness (QED) is 0.788. The zero-order valence-corrected chi connectivity index (χ0v) is 11.1. The summed E-state index contributed by atoms with van der Waals surface area (Å²) >= 11 is 0. The van der Waals surface area contributed by atoms with Gasteiger partial charge in [-0.15, -0.1) is 0 Å². The highest BCUT2D eigenvalue weighted by Crippen LogP contribution is 2.26. The molecule has 1 aromatic rings. The standard InChI is InChI=1S/C10H18N4O2S/c1-8-9(6-12-13-8)17(15,16)14-5-4-11-7-10(14,2)3/h6,11H,4-5,7H2,1-3H3,(H,12,13). The summed E-state index contributed by atoms with van der Waals surface area (Å²) in [5.74, 6) is 0. The number of hydrogen-bond acceptors (Lipinski definition) is 4. The lowest BCUT2D eigenvalue weighted by Gasteiger charge is -2.41. The molecule has 0 aromatic carbocycles. The molecule has 96 valence electrons. The smallest absolute Gasteiger partial charge is 0.247 e. The Bertz CT molecular complexity index is 506. The SMILES string of the molecule is Cc1[nH]ncc1S(=O)(=O)N1CCNCC1(C)C. The maximum absolute atomic E-state index is 12.5. The summed E-state index contributed by atoms with van der Waals surface area (Å²) in [5, 5.41) is 9.66. The molecule has 0 spiro atoms. The number of hydrogen-bond donors (Lipinski definition) is 2. The Morgan fingerprint density at radius 3 is 2.71 bits per heavy atom. The van der Waals surface area contributed by atoms with E-state index in [1.54, 1.807) is 11.2 Å². The van der Waals surface area contributed by atoms with Gasteiger partial charge in [-0.1, -0.05) is 0 Å². The van der Waals surface area contributed by atoms with Gasteiger partial charge in [0.1, 0.15) is 4.90 Å². The Morgan fingerprint density at radius 1 is 1.47 bits per heavy atom. The number of sulfonamides is 1. The molecule has 1 aliphatic rings. The Morgan fingerprint density at radius 2 is 2.18 bits per heavy atom. The van der Waals surface area contributed by atoms with Gasteiger partial charge in [-0.05, 0) is 20.8 Å². The first-order chi connectivity index (χ1) is 7.86. The molecular weight excluding hydrogens is 240 g/mol. The predicted octanol–water partition coefficient (Wildman–Crippen LogP) is 0.0906. The molecule has 2 rings (SSSR count). The van der Waals surface area contributed by atoms with Gasteiger partial charge in [0.2, 0.25) is 10.0 Å². The molecule has 1 aromatic heterocycles. The number of aryl methyl sites for hydroxylation is 1. The number of nitrogens with zero attached hydrogens (tertiary/aromatic N) is 2. The summed E-state index contributed by atoms with van der Waals surface area (Å²) < 4.78 is 26.6. The summed E-state index contributed by atoms with van der Waals surface area (Å²) in [7, 11) is -3.46. The van der Waals surface area contributed by atoms with Crippen molar-refractivity contribution in [2.24, 2.45) is 0 Å². The van der Waals surface area contributed by atoms with Crippen LogP contribution in [0.25, 0.3) is 0 Å². The summed E-state index contributed by atoms with van der Waals surface area (Å²) in [4.78, 5) is 0.271. The van der Waals surface area contributed by atoms with Crippen molar-refractivity contribution in [1.29, 1.82) is 0 Å². The second kappa shape index (κ2) is 4.08. The highest BCUT2D eigenvalue weighted by molar-refractivity contribution is 7.89. The maximum Gasteiger partial charge on any atom is 0.247 e. The molecular formula is C10H18N4O2S. The molecule has 0 aliphatic carbocycles. The number of H-pyrrole nitrogens is 1. The molecule has 1 fully saturated rings. The van der Waals surface area contributed by atoms with Crippen LogP contribution in [-0.4, -0.2) is 48.1 Å². The average Bonchev–Trinajstić information content (AvgIpc) is 2.64. The molecule has 1 aliphatic heterocycles. The van der Waals surface area contributed by atoms with Crippen molar-refractivity contribution in [3.8, 4) is 0 Å². The van der Waals surface area contributed by atoms with Crippen LogP contribution in [0.2, 0.25) is 0 Å². The summed E-state index contributed by atoms with van der Waals surface area (Å²) in [6, 6.07) is 0.